The fourth-order valence-electron chi connectivity index (χ4n) is 7.44. The SMILES string of the molecule is CCC(C)COC1=C(OCC(C)CC)C2(C(B(O)O)=CC=C3C2=Cc2cc(B(O)O)ccc23)C2=Cc3cc(OCC(C)CC)c(OCC(C)CC)cc3C2=C1.OCCO. The number of aliphatic hydroxyl groups is 2. The lowest BCUT2D eigenvalue weighted by atomic mass is 9.51. The van der Waals surface area contributed by atoms with Crippen molar-refractivity contribution in [2.45, 2.75) is 81.1 Å². The first-order valence-electron chi connectivity index (χ1n) is 21.4. The van der Waals surface area contributed by atoms with Crippen molar-refractivity contribution in [2.24, 2.45) is 29.1 Å². The Hall–Kier alpha value is -4.03. The van der Waals surface area contributed by atoms with Crippen LogP contribution in [0, 0.1) is 29.1 Å². The van der Waals surface area contributed by atoms with Gasteiger partial charge in [-0.3, -0.25) is 0 Å². The highest BCUT2D eigenvalue weighted by Gasteiger charge is 2.58. The van der Waals surface area contributed by atoms with Gasteiger partial charge in [0.1, 0.15) is 5.41 Å². The maximum Gasteiger partial charge on any atom is 0.488 e. The number of benzene rings is 2. The van der Waals surface area contributed by atoms with Gasteiger partial charge in [-0.1, -0.05) is 111 Å². The molecule has 318 valence electrons. The zero-order valence-electron chi connectivity index (χ0n) is 36.1. The van der Waals surface area contributed by atoms with E-state index in [0.29, 0.717) is 72.2 Å². The van der Waals surface area contributed by atoms with E-state index in [2.05, 4.69) is 73.6 Å². The first kappa shape index (κ1) is 46.0. The van der Waals surface area contributed by atoms with Crippen molar-refractivity contribution in [1.82, 2.24) is 0 Å². The third-order valence-corrected chi connectivity index (χ3v) is 12.0. The molecule has 0 aromatic heterocycles. The van der Waals surface area contributed by atoms with Gasteiger partial charge in [0.2, 0.25) is 0 Å². The number of hydrogen-bond donors (Lipinski definition) is 6. The number of rotatable bonds is 19. The minimum absolute atomic E-state index is 0.125. The smallest absolute Gasteiger partial charge is 0.488 e. The van der Waals surface area contributed by atoms with Gasteiger partial charge < -0.3 is 49.3 Å². The molecule has 4 aliphatic carbocycles. The topological polar surface area (TPSA) is 158 Å². The third kappa shape index (κ3) is 9.64. The molecule has 0 heterocycles. The lowest BCUT2D eigenvalue weighted by Gasteiger charge is -2.45. The maximum atomic E-state index is 11.4. The van der Waals surface area contributed by atoms with Crippen molar-refractivity contribution in [1.29, 1.82) is 0 Å². The van der Waals surface area contributed by atoms with Gasteiger partial charge >= 0.3 is 14.2 Å². The lowest BCUT2D eigenvalue weighted by molar-refractivity contribution is 0.101. The average molecular weight is 811 g/mol. The molecule has 0 aliphatic heterocycles. The Bertz CT molecular complexity index is 1990. The highest BCUT2D eigenvalue weighted by Crippen LogP contribution is 2.66. The van der Waals surface area contributed by atoms with Crippen LogP contribution < -0.4 is 14.9 Å². The van der Waals surface area contributed by atoms with Crippen molar-refractivity contribution >= 4 is 43.0 Å². The van der Waals surface area contributed by atoms with E-state index >= 15 is 0 Å². The molecule has 6 N–H and O–H groups in total. The Kier molecular flexibility index (Phi) is 16.0. The second-order valence-electron chi connectivity index (χ2n) is 16.5. The number of aliphatic hydroxyl groups excluding tert-OH is 2. The summed E-state index contributed by atoms with van der Waals surface area (Å²) in [6.07, 6.45) is 13.7. The highest BCUT2D eigenvalue weighted by atomic mass is 16.5. The van der Waals surface area contributed by atoms with Crippen molar-refractivity contribution in [2.75, 3.05) is 39.6 Å². The van der Waals surface area contributed by atoms with E-state index in [1.165, 1.54) is 0 Å². The van der Waals surface area contributed by atoms with Crippen LogP contribution in [0.5, 0.6) is 11.5 Å². The third-order valence-electron chi connectivity index (χ3n) is 12.0. The van der Waals surface area contributed by atoms with Gasteiger partial charge in [-0.25, -0.2) is 0 Å². The van der Waals surface area contributed by atoms with Crippen LogP contribution in [-0.2, 0) is 9.47 Å². The van der Waals surface area contributed by atoms with Crippen LogP contribution in [0.4, 0.5) is 0 Å². The summed E-state index contributed by atoms with van der Waals surface area (Å²) in [5, 5.41) is 58.3. The average Bonchev–Trinajstić information content (AvgIpc) is 3.80. The molecule has 0 saturated carbocycles. The van der Waals surface area contributed by atoms with E-state index in [-0.39, 0.29) is 25.0 Å². The molecule has 4 aliphatic rings. The minimum Gasteiger partial charge on any atom is -0.492 e. The van der Waals surface area contributed by atoms with Gasteiger partial charge in [0.05, 0.1) is 39.6 Å². The van der Waals surface area contributed by atoms with Gasteiger partial charge in [0, 0.05) is 0 Å². The first-order chi connectivity index (χ1) is 28.3. The number of ether oxygens (including phenoxy) is 4. The van der Waals surface area contributed by atoms with Gasteiger partial charge in [-0.2, -0.15) is 0 Å². The van der Waals surface area contributed by atoms with Crippen LogP contribution in [0.3, 0.4) is 0 Å². The number of allylic oxidation sites excluding steroid dienone is 6. The summed E-state index contributed by atoms with van der Waals surface area (Å²) in [5.41, 5.74) is 6.34. The summed E-state index contributed by atoms with van der Waals surface area (Å²) in [4.78, 5) is 0. The van der Waals surface area contributed by atoms with Gasteiger partial charge in [-0.05, 0) is 110 Å². The summed E-state index contributed by atoms with van der Waals surface area (Å²) >= 11 is 0. The predicted molar refractivity (Wildman–Crippen MR) is 237 cm³/mol. The second kappa shape index (κ2) is 20.5. The quantitative estimate of drug-likeness (QED) is 0.0841. The molecule has 0 bridgehead atoms. The molecule has 6 rings (SSSR count). The van der Waals surface area contributed by atoms with Crippen molar-refractivity contribution < 1.29 is 49.3 Å². The molecule has 5 atom stereocenters. The highest BCUT2D eigenvalue weighted by molar-refractivity contribution is 6.58. The predicted octanol–water partition coefficient (Wildman–Crippen LogP) is 6.74. The number of hydrogen-bond acceptors (Lipinski definition) is 10. The summed E-state index contributed by atoms with van der Waals surface area (Å²) in [5.74, 6) is 3.57. The van der Waals surface area contributed by atoms with E-state index in [1.54, 1.807) is 18.2 Å². The van der Waals surface area contributed by atoms with Gasteiger partial charge in [0.15, 0.2) is 23.0 Å². The first-order valence-corrected chi connectivity index (χ1v) is 21.4. The normalized spacial score (nSPS) is 19.3. The molecule has 0 radical (unpaired) electrons. The van der Waals surface area contributed by atoms with E-state index in [1.807, 2.05) is 24.3 Å². The fraction of sp³-hybridized carbons (Fsp3) is 0.489. The molecule has 5 unspecified atom stereocenters. The standard InChI is InChI=1S/C45H58B2O8.C2H6O2/c1-9-27(5)23-52-40-20-32-19-39-37(36(32)21-41(40)53-24-28(6)10-2)22-42(54-25-29(7)11-3)44(55-26-30(8)12-4)45(39)38-18-31-17-33(46(48)49)13-14-34(31)35(38)15-16-43(45)47(50)51;3-1-2-4/h13-22,27-30,48-51H,9-12,23-26H2,1-8H3;3-4H,1-2H2. The van der Waals surface area contributed by atoms with Crippen LogP contribution in [0.15, 0.2) is 76.7 Å². The molecule has 0 saturated heterocycles. The zero-order chi connectivity index (χ0) is 43.0. The molecule has 12 heteroatoms. The van der Waals surface area contributed by atoms with Crippen LogP contribution in [0.25, 0.3) is 23.3 Å². The molecule has 59 heavy (non-hydrogen) atoms. The van der Waals surface area contributed by atoms with Crippen LogP contribution in [0.2, 0.25) is 0 Å². The molecule has 2 aromatic carbocycles. The van der Waals surface area contributed by atoms with E-state index in [9.17, 15) is 20.1 Å². The molecule has 1 spiro atoms. The molecule has 2 aromatic rings. The Morgan fingerprint density at radius 1 is 0.559 bits per heavy atom. The summed E-state index contributed by atoms with van der Waals surface area (Å²) in [6, 6.07) is 9.49. The monoisotopic (exact) mass is 810 g/mol. The van der Waals surface area contributed by atoms with Crippen LogP contribution in [-0.4, -0.2) is 84.2 Å². The van der Waals surface area contributed by atoms with Gasteiger partial charge in [0.25, 0.3) is 0 Å². The molecule has 0 amide bonds. The zero-order valence-corrected chi connectivity index (χ0v) is 36.1. The van der Waals surface area contributed by atoms with E-state index < -0.39 is 19.7 Å². The molecular formula is C47H64B2O10. The second-order valence-corrected chi connectivity index (χ2v) is 16.5. The Labute approximate surface area is 351 Å². The Balaban J connectivity index is 0.00000158. The number of fused-ring (bicyclic) bond motifs is 8. The van der Waals surface area contributed by atoms with Crippen molar-refractivity contribution in [3.8, 4) is 11.5 Å². The van der Waals surface area contributed by atoms with Crippen molar-refractivity contribution in [3.63, 3.8) is 0 Å². The summed E-state index contributed by atoms with van der Waals surface area (Å²) < 4.78 is 26.8. The molecule has 0 fully saturated rings. The maximum absolute atomic E-state index is 11.4. The minimum atomic E-state index is -1.84. The molecular weight excluding hydrogens is 746 g/mol. The van der Waals surface area contributed by atoms with Crippen LogP contribution in [0.1, 0.15) is 103 Å². The summed E-state index contributed by atoms with van der Waals surface area (Å²) in [7, 11) is -3.48. The van der Waals surface area contributed by atoms with E-state index in [4.69, 9.17) is 29.2 Å². The lowest BCUT2D eigenvalue weighted by Crippen LogP contribution is -2.42. The summed E-state index contributed by atoms with van der Waals surface area (Å²) in [6.45, 7) is 18.9. The van der Waals surface area contributed by atoms with Crippen LogP contribution >= 0.6 is 0 Å². The fourth-order valence-corrected chi connectivity index (χ4v) is 7.44. The van der Waals surface area contributed by atoms with Gasteiger partial charge in [-0.15, -0.1) is 0 Å². The van der Waals surface area contributed by atoms with E-state index in [0.717, 1.165) is 70.2 Å². The Morgan fingerprint density at radius 2 is 1.07 bits per heavy atom. The Morgan fingerprint density at radius 3 is 1.59 bits per heavy atom. The van der Waals surface area contributed by atoms with Crippen molar-refractivity contribution in [3.05, 3.63) is 99.0 Å². The largest absolute Gasteiger partial charge is 0.492 e. The molecule has 10 nitrogen and oxygen atoms in total.